The van der Waals surface area contributed by atoms with Crippen molar-refractivity contribution in [3.8, 4) is 0 Å². The molecule has 1 saturated carbocycles. The average Bonchev–Trinajstić information content (AvgIpc) is 2.97. The number of hydrogen-bond donors (Lipinski definition) is 2. The molecule has 16 heavy (non-hydrogen) atoms. The van der Waals surface area contributed by atoms with Gasteiger partial charge in [-0.2, -0.15) is 0 Å². The van der Waals surface area contributed by atoms with Crippen LogP contribution in [0.2, 0.25) is 0 Å². The second kappa shape index (κ2) is 5.32. The van der Waals surface area contributed by atoms with Crippen LogP contribution in [0.25, 0.3) is 0 Å². The van der Waals surface area contributed by atoms with Crippen LogP contribution >= 0.6 is 12.4 Å². The molecular formula is C12H17ClN2O. The van der Waals surface area contributed by atoms with Crippen LogP contribution in [0.15, 0.2) is 24.3 Å². The number of nitrogens with one attached hydrogen (secondary N) is 1. The number of nitrogens with two attached hydrogens (primary N) is 1. The molecule has 2 rings (SSSR count). The normalized spacial score (nSPS) is 22.1. The summed E-state index contributed by atoms with van der Waals surface area (Å²) < 4.78 is 0. The third-order valence-electron chi connectivity index (χ3n) is 2.90. The molecule has 1 amide bonds. The molecular weight excluding hydrogens is 224 g/mol. The smallest absolute Gasteiger partial charge is 0.221 e. The van der Waals surface area contributed by atoms with Crippen molar-refractivity contribution in [3.63, 3.8) is 0 Å². The lowest BCUT2D eigenvalue weighted by atomic mass is 10.1. The summed E-state index contributed by atoms with van der Waals surface area (Å²) in [6.07, 6.45) is 1.15. The van der Waals surface area contributed by atoms with Crippen molar-refractivity contribution in [2.24, 2.45) is 11.7 Å². The van der Waals surface area contributed by atoms with E-state index in [1.54, 1.807) is 0 Å². The Hall–Kier alpha value is -1.06. The predicted molar refractivity (Wildman–Crippen MR) is 67.9 cm³/mol. The van der Waals surface area contributed by atoms with Crippen molar-refractivity contribution in [2.45, 2.75) is 19.3 Å². The molecule has 1 aromatic rings. The fourth-order valence-corrected chi connectivity index (χ4v) is 2.01. The molecule has 0 bridgehead atoms. The van der Waals surface area contributed by atoms with Gasteiger partial charge in [0, 0.05) is 12.6 Å². The Morgan fingerprint density at radius 3 is 2.75 bits per heavy atom. The molecule has 0 unspecified atom stereocenters. The molecule has 0 radical (unpaired) electrons. The van der Waals surface area contributed by atoms with E-state index in [0.717, 1.165) is 18.7 Å². The first-order valence-corrected chi connectivity index (χ1v) is 5.29. The van der Waals surface area contributed by atoms with Gasteiger partial charge < -0.3 is 11.1 Å². The summed E-state index contributed by atoms with van der Waals surface area (Å²) in [5.74, 6) is 1.12. The summed E-state index contributed by atoms with van der Waals surface area (Å²) in [7, 11) is 0. The van der Waals surface area contributed by atoms with Crippen LogP contribution in [0, 0.1) is 5.92 Å². The second-order valence-corrected chi connectivity index (χ2v) is 4.11. The Bertz CT molecular complexity index is 381. The van der Waals surface area contributed by atoms with Crippen molar-refractivity contribution in [1.29, 1.82) is 0 Å². The van der Waals surface area contributed by atoms with Gasteiger partial charge in [-0.15, -0.1) is 12.4 Å². The zero-order valence-corrected chi connectivity index (χ0v) is 10.1. The molecule has 0 aliphatic heterocycles. The molecule has 3 nitrogen and oxygen atoms in total. The summed E-state index contributed by atoms with van der Waals surface area (Å²) in [5.41, 5.74) is 7.79. The lowest BCUT2D eigenvalue weighted by Gasteiger charge is -2.08. The maximum Gasteiger partial charge on any atom is 0.221 e. The van der Waals surface area contributed by atoms with Gasteiger partial charge in [-0.25, -0.2) is 0 Å². The summed E-state index contributed by atoms with van der Waals surface area (Å²) in [5, 5.41) is 2.86. The summed E-state index contributed by atoms with van der Waals surface area (Å²) in [4.78, 5) is 11.0. The number of benzene rings is 1. The molecule has 1 aliphatic rings. The quantitative estimate of drug-likeness (QED) is 0.851. The monoisotopic (exact) mass is 240 g/mol. The fourth-order valence-electron chi connectivity index (χ4n) is 2.01. The molecule has 0 saturated heterocycles. The van der Waals surface area contributed by atoms with Gasteiger partial charge in [0.1, 0.15) is 0 Å². The highest BCUT2D eigenvalue weighted by molar-refractivity contribution is 5.89. The van der Waals surface area contributed by atoms with Crippen molar-refractivity contribution in [1.82, 2.24) is 0 Å². The topological polar surface area (TPSA) is 55.1 Å². The summed E-state index contributed by atoms with van der Waals surface area (Å²) >= 11 is 0. The highest BCUT2D eigenvalue weighted by Crippen LogP contribution is 2.48. The predicted octanol–water partition coefficient (Wildman–Crippen LogP) is 2.13. The first-order chi connectivity index (χ1) is 7.22. The Morgan fingerprint density at radius 1 is 1.50 bits per heavy atom. The van der Waals surface area contributed by atoms with Gasteiger partial charge >= 0.3 is 0 Å². The third-order valence-corrected chi connectivity index (χ3v) is 2.90. The van der Waals surface area contributed by atoms with Gasteiger partial charge in [-0.1, -0.05) is 18.2 Å². The van der Waals surface area contributed by atoms with E-state index in [9.17, 15) is 4.79 Å². The van der Waals surface area contributed by atoms with E-state index >= 15 is 0 Å². The highest BCUT2D eigenvalue weighted by atomic mass is 35.5. The van der Waals surface area contributed by atoms with Gasteiger partial charge in [-0.3, -0.25) is 4.79 Å². The summed E-state index contributed by atoms with van der Waals surface area (Å²) in [6, 6.07) is 7.97. The van der Waals surface area contributed by atoms with Gasteiger partial charge in [-0.05, 0) is 36.4 Å². The lowest BCUT2D eigenvalue weighted by Crippen LogP contribution is -2.08. The van der Waals surface area contributed by atoms with Crippen LogP contribution in [-0.2, 0) is 4.79 Å². The van der Waals surface area contributed by atoms with E-state index in [4.69, 9.17) is 5.73 Å². The highest BCUT2D eigenvalue weighted by Gasteiger charge is 2.38. The maximum absolute atomic E-state index is 11.0. The maximum atomic E-state index is 11.0. The van der Waals surface area contributed by atoms with Crippen molar-refractivity contribution in [3.05, 3.63) is 29.8 Å². The molecule has 0 heterocycles. The first-order valence-electron chi connectivity index (χ1n) is 5.29. The van der Waals surface area contributed by atoms with E-state index < -0.39 is 0 Å². The molecule has 2 atom stereocenters. The number of amides is 1. The van der Waals surface area contributed by atoms with Gasteiger partial charge in [0.2, 0.25) is 5.91 Å². The first kappa shape index (κ1) is 13.0. The number of carbonyl (C=O) groups excluding carboxylic acids is 1. The molecule has 0 aromatic heterocycles. The zero-order chi connectivity index (χ0) is 10.8. The SMILES string of the molecule is CC(=O)Nc1ccccc1[C@H]1C[C@@H]1CN.Cl. The van der Waals surface area contributed by atoms with Crippen molar-refractivity contribution in [2.75, 3.05) is 11.9 Å². The van der Waals surface area contributed by atoms with E-state index in [1.165, 1.54) is 12.5 Å². The number of hydrogen-bond acceptors (Lipinski definition) is 2. The third kappa shape index (κ3) is 2.74. The Morgan fingerprint density at radius 2 is 2.19 bits per heavy atom. The van der Waals surface area contributed by atoms with E-state index in [1.807, 2.05) is 18.2 Å². The van der Waals surface area contributed by atoms with Gasteiger partial charge in [0.25, 0.3) is 0 Å². The summed E-state index contributed by atoms with van der Waals surface area (Å²) in [6.45, 7) is 2.27. The molecule has 0 spiro atoms. The number of para-hydroxylation sites is 1. The second-order valence-electron chi connectivity index (χ2n) is 4.11. The van der Waals surface area contributed by atoms with Crippen LogP contribution in [0.4, 0.5) is 5.69 Å². The van der Waals surface area contributed by atoms with Crippen LogP contribution in [0.1, 0.15) is 24.8 Å². The van der Waals surface area contributed by atoms with Crippen molar-refractivity contribution < 1.29 is 4.79 Å². The number of rotatable bonds is 3. The average molecular weight is 241 g/mol. The van der Waals surface area contributed by atoms with Crippen LogP contribution in [-0.4, -0.2) is 12.5 Å². The molecule has 3 N–H and O–H groups in total. The van der Waals surface area contributed by atoms with Gasteiger partial charge in [0.05, 0.1) is 0 Å². The van der Waals surface area contributed by atoms with Crippen LogP contribution < -0.4 is 11.1 Å². The molecule has 88 valence electrons. The molecule has 4 heteroatoms. The minimum absolute atomic E-state index is 0. The Kier molecular flexibility index (Phi) is 4.33. The van der Waals surface area contributed by atoms with Crippen LogP contribution in [0.5, 0.6) is 0 Å². The number of anilines is 1. The number of halogens is 1. The molecule has 1 fully saturated rings. The van der Waals surface area contributed by atoms with E-state index in [0.29, 0.717) is 11.8 Å². The Labute approximate surface area is 102 Å². The zero-order valence-electron chi connectivity index (χ0n) is 9.27. The largest absolute Gasteiger partial charge is 0.330 e. The minimum Gasteiger partial charge on any atom is -0.330 e. The molecule has 1 aliphatic carbocycles. The van der Waals surface area contributed by atoms with E-state index in [-0.39, 0.29) is 18.3 Å². The van der Waals surface area contributed by atoms with Crippen molar-refractivity contribution >= 4 is 24.0 Å². The van der Waals surface area contributed by atoms with Gasteiger partial charge in [0.15, 0.2) is 0 Å². The van der Waals surface area contributed by atoms with Crippen LogP contribution in [0.3, 0.4) is 0 Å². The standard InChI is InChI=1S/C12H16N2O.ClH/c1-8(15)14-12-5-3-2-4-10(12)11-6-9(11)7-13;/h2-5,9,11H,6-7,13H2,1H3,(H,14,15);1H/t9-,11+;/m1./s1. The minimum atomic E-state index is -0.0209. The fraction of sp³-hybridized carbons (Fsp3) is 0.417. The number of carbonyl (C=O) groups is 1. The van der Waals surface area contributed by atoms with E-state index in [2.05, 4.69) is 11.4 Å². The Balaban J connectivity index is 0.00000128. The lowest BCUT2D eigenvalue weighted by molar-refractivity contribution is -0.114. The molecule has 1 aromatic carbocycles.